The molecule has 0 fully saturated rings. The minimum absolute atomic E-state index is 0.334. The monoisotopic (exact) mass is 242 g/mol. The van der Waals surface area contributed by atoms with Crippen molar-refractivity contribution in [1.29, 1.82) is 5.41 Å². The number of anilines is 1. The summed E-state index contributed by atoms with van der Waals surface area (Å²) in [7, 11) is 0. The Balaban J connectivity index is 2.24. The van der Waals surface area contributed by atoms with Gasteiger partial charge in [0.05, 0.1) is 24.6 Å². The van der Waals surface area contributed by atoms with Gasteiger partial charge in [0.1, 0.15) is 0 Å². The van der Waals surface area contributed by atoms with E-state index in [0.29, 0.717) is 6.04 Å². The molecule has 0 saturated carbocycles. The van der Waals surface area contributed by atoms with Crippen LogP contribution < -0.4 is 4.90 Å². The van der Waals surface area contributed by atoms with Gasteiger partial charge in [-0.2, -0.15) is 0 Å². The molecule has 1 unspecified atom stereocenters. The fourth-order valence-electron chi connectivity index (χ4n) is 1.88. The summed E-state index contributed by atoms with van der Waals surface area (Å²) in [6, 6.07) is 8.49. The molecule has 1 heterocycles. The molecule has 94 valence electrons. The van der Waals surface area contributed by atoms with E-state index >= 15 is 0 Å². The van der Waals surface area contributed by atoms with Crippen molar-refractivity contribution in [3.05, 3.63) is 36.8 Å². The van der Waals surface area contributed by atoms with Crippen molar-refractivity contribution >= 4 is 12.0 Å². The Bertz CT molecular complexity index is 487. The predicted octanol–water partition coefficient (Wildman–Crippen LogP) is 3.29. The number of aromatic nitrogens is 2. The first kappa shape index (κ1) is 12.4. The Morgan fingerprint density at radius 2 is 2.11 bits per heavy atom. The van der Waals surface area contributed by atoms with Crippen molar-refractivity contribution < 1.29 is 0 Å². The minimum atomic E-state index is 0.334. The Kier molecular flexibility index (Phi) is 3.77. The van der Waals surface area contributed by atoms with E-state index in [1.54, 1.807) is 12.5 Å². The van der Waals surface area contributed by atoms with Gasteiger partial charge in [0, 0.05) is 11.7 Å². The zero-order chi connectivity index (χ0) is 13.0. The highest BCUT2D eigenvalue weighted by atomic mass is 15.2. The van der Waals surface area contributed by atoms with E-state index in [9.17, 15) is 0 Å². The number of benzene rings is 1. The average Bonchev–Trinajstić information content (AvgIpc) is 2.94. The van der Waals surface area contributed by atoms with Crippen LogP contribution in [0.15, 0.2) is 36.8 Å². The lowest BCUT2D eigenvalue weighted by molar-refractivity contribution is 0.704. The minimum Gasteiger partial charge on any atom is -0.345 e. The second kappa shape index (κ2) is 5.49. The van der Waals surface area contributed by atoms with E-state index in [2.05, 4.69) is 23.8 Å². The second-order valence-electron chi connectivity index (χ2n) is 4.31. The van der Waals surface area contributed by atoms with Crippen LogP contribution in [0.25, 0.3) is 11.3 Å². The topological polar surface area (TPSA) is 55.8 Å². The molecule has 0 spiro atoms. The first-order valence-corrected chi connectivity index (χ1v) is 6.14. The van der Waals surface area contributed by atoms with Crippen molar-refractivity contribution in [3.8, 4) is 11.3 Å². The maximum atomic E-state index is 7.51. The lowest BCUT2D eigenvalue weighted by atomic mass is 10.1. The van der Waals surface area contributed by atoms with Gasteiger partial charge in [-0.05, 0) is 31.0 Å². The Morgan fingerprint density at radius 1 is 1.39 bits per heavy atom. The Labute approximate surface area is 107 Å². The van der Waals surface area contributed by atoms with E-state index < -0.39 is 0 Å². The number of hydrogen-bond acceptors (Lipinski definition) is 2. The molecule has 2 aromatic rings. The van der Waals surface area contributed by atoms with Gasteiger partial charge in [-0.15, -0.1) is 0 Å². The van der Waals surface area contributed by atoms with Gasteiger partial charge in [-0.1, -0.05) is 19.1 Å². The summed E-state index contributed by atoms with van der Waals surface area (Å²) in [5.74, 6) is 0. The number of nitrogens with one attached hydrogen (secondary N) is 2. The molecule has 0 radical (unpaired) electrons. The maximum Gasteiger partial charge on any atom is 0.0924 e. The van der Waals surface area contributed by atoms with E-state index in [0.717, 1.165) is 23.4 Å². The number of hydrogen-bond donors (Lipinski definition) is 2. The summed E-state index contributed by atoms with van der Waals surface area (Å²) >= 11 is 0. The van der Waals surface area contributed by atoms with Crippen LogP contribution in [-0.2, 0) is 0 Å². The summed E-state index contributed by atoms with van der Waals surface area (Å²) in [5.41, 5.74) is 3.15. The highest BCUT2D eigenvalue weighted by Gasteiger charge is 2.10. The maximum absolute atomic E-state index is 7.51. The third kappa shape index (κ3) is 2.42. The largest absolute Gasteiger partial charge is 0.345 e. The average molecular weight is 242 g/mol. The van der Waals surface area contributed by atoms with Crippen LogP contribution in [-0.4, -0.2) is 22.3 Å². The molecule has 2 rings (SSSR count). The molecule has 0 amide bonds. The molecule has 1 atom stereocenters. The van der Waals surface area contributed by atoms with Gasteiger partial charge in [0.15, 0.2) is 0 Å². The molecule has 0 saturated heterocycles. The summed E-state index contributed by atoms with van der Waals surface area (Å²) in [6.07, 6.45) is 5.88. The Morgan fingerprint density at radius 3 is 2.61 bits per heavy atom. The van der Waals surface area contributed by atoms with Gasteiger partial charge in [0.2, 0.25) is 0 Å². The van der Waals surface area contributed by atoms with E-state index in [-0.39, 0.29) is 0 Å². The Hall–Kier alpha value is -2.10. The normalized spacial score (nSPS) is 12.1. The first-order valence-electron chi connectivity index (χ1n) is 6.14. The van der Waals surface area contributed by atoms with Crippen molar-refractivity contribution in [2.45, 2.75) is 26.3 Å². The van der Waals surface area contributed by atoms with E-state index in [1.807, 2.05) is 29.2 Å². The smallest absolute Gasteiger partial charge is 0.0924 e. The van der Waals surface area contributed by atoms with Gasteiger partial charge in [0.25, 0.3) is 0 Å². The van der Waals surface area contributed by atoms with Crippen LogP contribution in [0.2, 0.25) is 0 Å². The van der Waals surface area contributed by atoms with Crippen molar-refractivity contribution in [1.82, 2.24) is 9.97 Å². The summed E-state index contributed by atoms with van der Waals surface area (Å²) in [6.45, 7) is 4.24. The van der Waals surface area contributed by atoms with E-state index in [4.69, 9.17) is 5.41 Å². The third-order valence-corrected chi connectivity index (χ3v) is 3.18. The molecule has 1 aromatic carbocycles. The van der Waals surface area contributed by atoms with Crippen molar-refractivity contribution in [2.75, 3.05) is 4.90 Å². The lowest BCUT2D eigenvalue weighted by Crippen LogP contribution is -2.30. The van der Waals surface area contributed by atoms with Crippen LogP contribution >= 0.6 is 0 Å². The van der Waals surface area contributed by atoms with Gasteiger partial charge in [-0.25, -0.2) is 4.98 Å². The molecule has 4 nitrogen and oxygen atoms in total. The van der Waals surface area contributed by atoms with Crippen LogP contribution in [0.4, 0.5) is 5.69 Å². The molecule has 18 heavy (non-hydrogen) atoms. The SMILES string of the molecule is CCC(C)N(C=N)c1ccc(-c2cnc[nH]2)cc1. The zero-order valence-corrected chi connectivity index (χ0v) is 10.7. The lowest BCUT2D eigenvalue weighted by Gasteiger charge is -2.25. The summed E-state index contributed by atoms with van der Waals surface area (Å²) in [4.78, 5) is 9.06. The summed E-state index contributed by atoms with van der Waals surface area (Å²) in [5, 5.41) is 7.51. The van der Waals surface area contributed by atoms with Gasteiger partial charge in [-0.3, -0.25) is 5.41 Å². The van der Waals surface area contributed by atoms with Gasteiger partial charge < -0.3 is 9.88 Å². The molecule has 4 heteroatoms. The van der Waals surface area contributed by atoms with Crippen LogP contribution in [0, 0.1) is 5.41 Å². The third-order valence-electron chi connectivity index (χ3n) is 3.18. The second-order valence-corrected chi connectivity index (χ2v) is 4.31. The molecule has 0 aliphatic rings. The predicted molar refractivity (Wildman–Crippen MR) is 75.0 cm³/mol. The number of H-pyrrole nitrogens is 1. The number of imidazole rings is 1. The highest BCUT2D eigenvalue weighted by molar-refractivity contribution is 5.78. The van der Waals surface area contributed by atoms with Crippen molar-refractivity contribution in [2.24, 2.45) is 0 Å². The molecular weight excluding hydrogens is 224 g/mol. The van der Waals surface area contributed by atoms with Crippen LogP contribution in [0.3, 0.4) is 0 Å². The van der Waals surface area contributed by atoms with Gasteiger partial charge >= 0.3 is 0 Å². The van der Waals surface area contributed by atoms with Crippen LogP contribution in [0.1, 0.15) is 20.3 Å². The fraction of sp³-hybridized carbons (Fsp3) is 0.286. The molecule has 0 aliphatic carbocycles. The fourth-order valence-corrected chi connectivity index (χ4v) is 1.88. The molecule has 1 aromatic heterocycles. The number of aromatic amines is 1. The summed E-state index contributed by atoms with van der Waals surface area (Å²) < 4.78 is 0. The van der Waals surface area contributed by atoms with Crippen LogP contribution in [0.5, 0.6) is 0 Å². The number of nitrogens with zero attached hydrogens (tertiary/aromatic N) is 2. The molecule has 2 N–H and O–H groups in total. The molecular formula is C14H18N4. The molecule has 0 bridgehead atoms. The number of rotatable bonds is 5. The zero-order valence-electron chi connectivity index (χ0n) is 10.7. The highest BCUT2D eigenvalue weighted by Crippen LogP contribution is 2.22. The molecule has 0 aliphatic heterocycles. The first-order chi connectivity index (χ1) is 8.76. The van der Waals surface area contributed by atoms with Crippen molar-refractivity contribution in [3.63, 3.8) is 0 Å². The quantitative estimate of drug-likeness (QED) is 0.624. The van der Waals surface area contributed by atoms with E-state index in [1.165, 1.54) is 6.34 Å². The standard InChI is InChI=1S/C14H18N4/c1-3-11(2)18(9-15)13-6-4-12(5-7-13)14-8-16-10-17-14/h4-11,15H,3H2,1-2H3,(H,16,17).